The van der Waals surface area contributed by atoms with Gasteiger partial charge in [-0.2, -0.15) is 0 Å². The van der Waals surface area contributed by atoms with Gasteiger partial charge in [0.15, 0.2) is 11.6 Å². The molecule has 1 aromatic rings. The van der Waals surface area contributed by atoms with E-state index in [1.807, 2.05) is 0 Å². The van der Waals surface area contributed by atoms with Gasteiger partial charge in [-0.15, -0.1) is 0 Å². The number of carbonyl (C=O) groups is 1. The summed E-state index contributed by atoms with van der Waals surface area (Å²) in [6.07, 6.45) is 3.07. The van der Waals surface area contributed by atoms with Gasteiger partial charge in [0.1, 0.15) is 0 Å². The van der Waals surface area contributed by atoms with Crippen molar-refractivity contribution in [3.8, 4) is 0 Å². The predicted octanol–water partition coefficient (Wildman–Crippen LogP) is 3.42. The Balaban J connectivity index is 1.91. The van der Waals surface area contributed by atoms with Gasteiger partial charge in [0.2, 0.25) is 0 Å². The summed E-state index contributed by atoms with van der Waals surface area (Å²) in [5.41, 5.74) is -0.433. The lowest BCUT2D eigenvalue weighted by Gasteiger charge is -2.43. The van der Waals surface area contributed by atoms with E-state index in [1.165, 1.54) is 0 Å². The van der Waals surface area contributed by atoms with Crippen molar-refractivity contribution in [3.05, 3.63) is 34.4 Å². The molecule has 2 aliphatic rings. The van der Waals surface area contributed by atoms with E-state index in [0.29, 0.717) is 19.4 Å². The smallest absolute Gasteiger partial charge is 0.255 e. The molecule has 3 atom stereocenters. The number of nitrogens with zero attached hydrogens (tertiary/aromatic N) is 1. The molecule has 1 aliphatic carbocycles. The molecule has 132 valence electrons. The molecular weight excluding hydrogens is 340 g/mol. The lowest BCUT2D eigenvalue weighted by Crippen LogP contribution is -2.53. The van der Waals surface area contributed by atoms with E-state index in [2.05, 4.69) is 0 Å². The Morgan fingerprint density at radius 3 is 2.67 bits per heavy atom. The SMILES string of the molecule is COC1CCC2(OC)CCN(C(=O)c3cc(F)c(F)cc3Cl)C2C1. The Morgan fingerprint density at radius 1 is 1.29 bits per heavy atom. The zero-order valence-electron chi connectivity index (χ0n) is 13.7. The number of methoxy groups -OCH3 is 2. The van der Waals surface area contributed by atoms with Crippen molar-refractivity contribution in [2.45, 2.75) is 43.4 Å². The lowest BCUT2D eigenvalue weighted by molar-refractivity contribution is -0.0893. The van der Waals surface area contributed by atoms with Crippen LogP contribution in [0, 0.1) is 11.6 Å². The molecule has 3 unspecified atom stereocenters. The van der Waals surface area contributed by atoms with Crippen molar-refractivity contribution in [2.24, 2.45) is 0 Å². The molecule has 7 heteroatoms. The number of rotatable bonds is 3. The van der Waals surface area contributed by atoms with Crippen molar-refractivity contribution in [3.63, 3.8) is 0 Å². The molecular formula is C17H20ClF2NO3. The summed E-state index contributed by atoms with van der Waals surface area (Å²) in [6, 6.07) is 1.53. The van der Waals surface area contributed by atoms with Crippen molar-refractivity contribution in [1.82, 2.24) is 4.90 Å². The van der Waals surface area contributed by atoms with Crippen LogP contribution in [0.2, 0.25) is 5.02 Å². The van der Waals surface area contributed by atoms with Crippen LogP contribution in [-0.2, 0) is 9.47 Å². The van der Waals surface area contributed by atoms with Crippen LogP contribution in [0.4, 0.5) is 8.78 Å². The van der Waals surface area contributed by atoms with Crippen LogP contribution in [-0.4, -0.2) is 49.3 Å². The first kappa shape index (κ1) is 17.6. The third-order valence-electron chi connectivity index (χ3n) is 5.38. The molecule has 0 spiro atoms. The second-order valence-electron chi connectivity index (χ2n) is 6.41. The molecule has 0 N–H and O–H groups in total. The number of amides is 1. The minimum absolute atomic E-state index is 0.0259. The predicted molar refractivity (Wildman–Crippen MR) is 85.2 cm³/mol. The minimum Gasteiger partial charge on any atom is -0.381 e. The molecule has 4 nitrogen and oxygen atoms in total. The fraction of sp³-hybridized carbons (Fsp3) is 0.588. The molecule has 1 aromatic carbocycles. The topological polar surface area (TPSA) is 38.8 Å². The summed E-state index contributed by atoms with van der Waals surface area (Å²) in [5.74, 6) is -2.56. The molecule has 24 heavy (non-hydrogen) atoms. The van der Waals surface area contributed by atoms with Crippen LogP contribution in [0.15, 0.2) is 12.1 Å². The fourth-order valence-corrected chi connectivity index (χ4v) is 4.19. The highest BCUT2D eigenvalue weighted by Gasteiger charge is 2.52. The van der Waals surface area contributed by atoms with E-state index in [-0.39, 0.29) is 22.7 Å². The molecule has 0 aromatic heterocycles. The van der Waals surface area contributed by atoms with Gasteiger partial charge in [-0.3, -0.25) is 4.79 Å². The Labute approximate surface area is 144 Å². The molecule has 1 saturated heterocycles. The van der Waals surface area contributed by atoms with Crippen molar-refractivity contribution >= 4 is 17.5 Å². The number of benzene rings is 1. The van der Waals surface area contributed by atoms with E-state index in [0.717, 1.165) is 25.0 Å². The number of fused-ring (bicyclic) bond motifs is 1. The zero-order chi connectivity index (χ0) is 17.5. The van der Waals surface area contributed by atoms with E-state index in [1.54, 1.807) is 19.1 Å². The fourth-order valence-electron chi connectivity index (χ4n) is 3.96. The summed E-state index contributed by atoms with van der Waals surface area (Å²) in [6.45, 7) is 0.489. The molecule has 1 heterocycles. The van der Waals surface area contributed by atoms with Gasteiger partial charge in [0, 0.05) is 20.8 Å². The van der Waals surface area contributed by atoms with Gasteiger partial charge in [0.25, 0.3) is 5.91 Å². The van der Waals surface area contributed by atoms with Crippen molar-refractivity contribution in [1.29, 1.82) is 0 Å². The average molecular weight is 360 g/mol. The van der Waals surface area contributed by atoms with Crippen LogP contribution < -0.4 is 0 Å². The quantitative estimate of drug-likeness (QED) is 0.776. The summed E-state index contributed by atoms with van der Waals surface area (Å²) in [4.78, 5) is 14.6. The van der Waals surface area contributed by atoms with E-state index >= 15 is 0 Å². The maximum absolute atomic E-state index is 13.5. The van der Waals surface area contributed by atoms with E-state index < -0.39 is 23.1 Å². The second kappa shape index (κ2) is 6.58. The molecule has 1 amide bonds. The number of hydrogen-bond acceptors (Lipinski definition) is 3. The van der Waals surface area contributed by atoms with Crippen molar-refractivity contribution in [2.75, 3.05) is 20.8 Å². The largest absolute Gasteiger partial charge is 0.381 e. The number of carbonyl (C=O) groups excluding carboxylic acids is 1. The third-order valence-corrected chi connectivity index (χ3v) is 5.69. The molecule has 0 radical (unpaired) electrons. The first-order valence-corrected chi connectivity index (χ1v) is 8.33. The highest BCUT2D eigenvalue weighted by molar-refractivity contribution is 6.33. The average Bonchev–Trinajstić information content (AvgIpc) is 2.96. The van der Waals surface area contributed by atoms with Crippen LogP contribution in [0.5, 0.6) is 0 Å². The van der Waals surface area contributed by atoms with Gasteiger partial charge >= 0.3 is 0 Å². The molecule has 0 bridgehead atoms. The highest BCUT2D eigenvalue weighted by atomic mass is 35.5. The van der Waals surface area contributed by atoms with Gasteiger partial charge < -0.3 is 14.4 Å². The maximum Gasteiger partial charge on any atom is 0.255 e. The van der Waals surface area contributed by atoms with Gasteiger partial charge in [-0.05, 0) is 37.8 Å². The molecule has 2 fully saturated rings. The number of likely N-dealkylation sites (tertiary alicyclic amines) is 1. The highest BCUT2D eigenvalue weighted by Crippen LogP contribution is 2.43. The lowest BCUT2D eigenvalue weighted by atomic mass is 9.79. The number of halogens is 3. The summed E-state index contributed by atoms with van der Waals surface area (Å²) in [5, 5.41) is -0.0899. The van der Waals surface area contributed by atoms with Gasteiger partial charge in [-0.25, -0.2) is 8.78 Å². The summed E-state index contributed by atoms with van der Waals surface area (Å²) in [7, 11) is 3.30. The van der Waals surface area contributed by atoms with E-state index in [9.17, 15) is 13.6 Å². The molecule has 3 rings (SSSR count). The molecule has 1 saturated carbocycles. The standard InChI is InChI=1S/C17H20ClF2NO3/c1-23-10-3-4-17(24-2)5-6-21(15(17)7-10)16(22)11-8-13(19)14(20)9-12(11)18/h8-10,15H,3-7H2,1-2H3. The summed E-state index contributed by atoms with van der Waals surface area (Å²) < 4.78 is 38.0. The van der Waals surface area contributed by atoms with Crippen molar-refractivity contribution < 1.29 is 23.0 Å². The molecule has 1 aliphatic heterocycles. The van der Waals surface area contributed by atoms with Crippen LogP contribution in [0.1, 0.15) is 36.0 Å². The Morgan fingerprint density at radius 2 is 2.00 bits per heavy atom. The Hall–Kier alpha value is -1.24. The Bertz CT molecular complexity index is 657. The maximum atomic E-state index is 13.5. The van der Waals surface area contributed by atoms with Gasteiger partial charge in [-0.1, -0.05) is 11.6 Å². The van der Waals surface area contributed by atoms with E-state index in [4.69, 9.17) is 21.1 Å². The van der Waals surface area contributed by atoms with Crippen LogP contribution in [0.3, 0.4) is 0 Å². The number of ether oxygens (including phenoxy) is 2. The first-order valence-electron chi connectivity index (χ1n) is 7.95. The van der Waals surface area contributed by atoms with Crippen LogP contribution in [0.25, 0.3) is 0 Å². The normalized spacial score (nSPS) is 29.6. The number of hydrogen-bond donors (Lipinski definition) is 0. The monoisotopic (exact) mass is 359 g/mol. The Kier molecular flexibility index (Phi) is 4.82. The zero-order valence-corrected chi connectivity index (χ0v) is 14.4. The first-order chi connectivity index (χ1) is 11.4. The van der Waals surface area contributed by atoms with Gasteiger partial charge in [0.05, 0.1) is 28.3 Å². The minimum atomic E-state index is -1.08. The second-order valence-corrected chi connectivity index (χ2v) is 6.82. The summed E-state index contributed by atoms with van der Waals surface area (Å²) >= 11 is 5.96. The van der Waals surface area contributed by atoms with Crippen LogP contribution >= 0.6 is 11.6 Å². The third kappa shape index (κ3) is 2.80.